The van der Waals surface area contributed by atoms with E-state index in [2.05, 4.69) is 10.2 Å². The average molecular weight is 252 g/mol. The molecule has 1 heterocycles. The first-order chi connectivity index (χ1) is 8.79. The third-order valence-electron chi connectivity index (χ3n) is 3.36. The Hall–Kier alpha value is -1.33. The number of nitrogens with zero attached hydrogens (tertiary/aromatic N) is 1. The monoisotopic (exact) mass is 252 g/mol. The number of hydrogen-bond acceptors (Lipinski definition) is 4. The van der Waals surface area contributed by atoms with E-state index < -0.39 is 0 Å². The van der Waals surface area contributed by atoms with E-state index in [0.717, 1.165) is 18.6 Å². The summed E-state index contributed by atoms with van der Waals surface area (Å²) in [5, 5.41) is 11.8. The maximum atomic E-state index is 11.8. The second kappa shape index (κ2) is 6.56. The molecule has 2 rings (SSSR count). The second-order valence-electron chi connectivity index (χ2n) is 4.63. The lowest BCUT2D eigenvalue weighted by Crippen LogP contribution is -2.47. The third kappa shape index (κ3) is 3.58. The maximum absolute atomic E-state index is 11.8. The summed E-state index contributed by atoms with van der Waals surface area (Å²) < 4.78 is 5.15. The van der Waals surface area contributed by atoms with Crippen molar-refractivity contribution in [2.24, 2.45) is 0 Å². The van der Waals surface area contributed by atoms with Gasteiger partial charge in [-0.2, -0.15) is 0 Å². The van der Waals surface area contributed by atoms with E-state index in [0.29, 0.717) is 25.7 Å². The number of amides is 1. The van der Waals surface area contributed by atoms with Gasteiger partial charge in [0.05, 0.1) is 26.0 Å². The fourth-order valence-electron chi connectivity index (χ4n) is 2.11. The molecule has 1 aliphatic rings. The van der Waals surface area contributed by atoms with Gasteiger partial charge in [0.15, 0.2) is 0 Å². The normalized spacial score (nSPS) is 15.7. The molecule has 5 heteroatoms. The predicted molar refractivity (Wildman–Crippen MR) is 66.9 cm³/mol. The van der Waals surface area contributed by atoms with Crippen LogP contribution in [0.25, 0.3) is 0 Å². The Balaban J connectivity index is 1.73. The molecule has 2 N–H and O–H groups in total. The van der Waals surface area contributed by atoms with Crippen molar-refractivity contribution in [1.82, 2.24) is 10.2 Å². The van der Waals surface area contributed by atoms with Crippen molar-refractivity contribution < 1.29 is 14.3 Å². The van der Waals surface area contributed by atoms with E-state index in [1.807, 2.05) is 6.07 Å². The van der Waals surface area contributed by atoms with E-state index in [1.165, 1.54) is 6.42 Å². The third-order valence-corrected chi connectivity index (χ3v) is 3.36. The molecule has 0 spiro atoms. The highest BCUT2D eigenvalue weighted by Crippen LogP contribution is 2.24. The summed E-state index contributed by atoms with van der Waals surface area (Å²) in [7, 11) is 0. The topological polar surface area (TPSA) is 65.7 Å². The number of hydrogen-bond donors (Lipinski definition) is 2. The minimum Gasteiger partial charge on any atom is -0.467 e. The van der Waals surface area contributed by atoms with Crippen LogP contribution in [-0.2, 0) is 11.3 Å². The molecule has 1 aliphatic carbocycles. The minimum atomic E-state index is -0.0215. The van der Waals surface area contributed by atoms with Gasteiger partial charge in [-0.1, -0.05) is 6.42 Å². The summed E-state index contributed by atoms with van der Waals surface area (Å²) in [5.41, 5.74) is 0. The Bertz CT molecular complexity index is 360. The fourth-order valence-corrected chi connectivity index (χ4v) is 2.11. The first-order valence-electron chi connectivity index (χ1n) is 6.43. The predicted octanol–water partition coefficient (Wildman–Crippen LogP) is 0.743. The zero-order chi connectivity index (χ0) is 12.8. The van der Waals surface area contributed by atoms with Gasteiger partial charge in [-0.25, -0.2) is 0 Å². The first kappa shape index (κ1) is 13.1. The molecular weight excluding hydrogens is 232 g/mol. The van der Waals surface area contributed by atoms with Gasteiger partial charge in [-0.05, 0) is 25.0 Å². The lowest BCUT2D eigenvalue weighted by atomic mass is 9.91. The van der Waals surface area contributed by atoms with Crippen LogP contribution < -0.4 is 5.32 Å². The van der Waals surface area contributed by atoms with Gasteiger partial charge in [0.1, 0.15) is 5.76 Å². The van der Waals surface area contributed by atoms with Crippen molar-refractivity contribution in [3.63, 3.8) is 0 Å². The van der Waals surface area contributed by atoms with Crippen LogP contribution in [-0.4, -0.2) is 41.7 Å². The summed E-state index contributed by atoms with van der Waals surface area (Å²) >= 11 is 0. The average Bonchev–Trinajstić information content (AvgIpc) is 2.77. The lowest BCUT2D eigenvalue weighted by molar-refractivity contribution is -0.123. The number of rotatable bonds is 7. The smallest absolute Gasteiger partial charge is 0.234 e. The Kier molecular flexibility index (Phi) is 4.78. The Morgan fingerprint density at radius 1 is 1.56 bits per heavy atom. The molecule has 0 radical (unpaired) electrons. The molecule has 0 aliphatic heterocycles. The number of carbonyl (C=O) groups excluding carboxylic acids is 1. The number of nitrogens with one attached hydrogen (secondary N) is 1. The largest absolute Gasteiger partial charge is 0.467 e. The van der Waals surface area contributed by atoms with Gasteiger partial charge >= 0.3 is 0 Å². The van der Waals surface area contributed by atoms with E-state index in [9.17, 15) is 4.79 Å². The van der Waals surface area contributed by atoms with Gasteiger partial charge in [0.2, 0.25) is 5.91 Å². The van der Waals surface area contributed by atoms with Crippen molar-refractivity contribution in [2.75, 3.05) is 19.7 Å². The molecule has 100 valence electrons. The Morgan fingerprint density at radius 2 is 2.39 bits per heavy atom. The quantitative estimate of drug-likeness (QED) is 0.751. The van der Waals surface area contributed by atoms with Crippen molar-refractivity contribution in [3.05, 3.63) is 24.2 Å². The lowest BCUT2D eigenvalue weighted by Gasteiger charge is -2.36. The van der Waals surface area contributed by atoms with Crippen LogP contribution in [0.2, 0.25) is 0 Å². The summed E-state index contributed by atoms with van der Waals surface area (Å²) in [6.07, 6.45) is 5.07. The molecule has 0 bridgehead atoms. The van der Waals surface area contributed by atoms with Crippen LogP contribution in [0.5, 0.6) is 0 Å². The molecule has 0 unspecified atom stereocenters. The molecule has 1 fully saturated rings. The van der Waals surface area contributed by atoms with Gasteiger partial charge in [-0.3, -0.25) is 9.69 Å². The van der Waals surface area contributed by atoms with Crippen LogP contribution in [0, 0.1) is 0 Å². The van der Waals surface area contributed by atoms with Crippen LogP contribution >= 0.6 is 0 Å². The van der Waals surface area contributed by atoms with Crippen molar-refractivity contribution in [3.8, 4) is 0 Å². The highest BCUT2D eigenvalue weighted by atomic mass is 16.3. The zero-order valence-corrected chi connectivity index (χ0v) is 10.5. The number of carbonyl (C=O) groups is 1. The molecule has 0 atom stereocenters. The molecular formula is C13H20N2O3. The first-order valence-corrected chi connectivity index (χ1v) is 6.43. The van der Waals surface area contributed by atoms with E-state index >= 15 is 0 Å². The Labute approximate surface area is 107 Å². The van der Waals surface area contributed by atoms with Crippen LogP contribution in [0.4, 0.5) is 0 Å². The minimum absolute atomic E-state index is 0.0215. The molecule has 0 aromatic carbocycles. The molecule has 5 nitrogen and oxygen atoms in total. The second-order valence-corrected chi connectivity index (χ2v) is 4.63. The Morgan fingerprint density at radius 3 is 2.94 bits per heavy atom. The zero-order valence-electron chi connectivity index (χ0n) is 10.5. The van der Waals surface area contributed by atoms with Crippen LogP contribution in [0.3, 0.4) is 0 Å². The number of furan rings is 1. The van der Waals surface area contributed by atoms with Crippen molar-refractivity contribution in [2.45, 2.75) is 31.8 Å². The highest BCUT2D eigenvalue weighted by Gasteiger charge is 2.25. The molecule has 1 saturated carbocycles. The summed E-state index contributed by atoms with van der Waals surface area (Å²) in [4.78, 5) is 13.8. The molecule has 18 heavy (non-hydrogen) atoms. The van der Waals surface area contributed by atoms with Gasteiger partial charge < -0.3 is 14.8 Å². The fraction of sp³-hybridized carbons (Fsp3) is 0.615. The van der Waals surface area contributed by atoms with Crippen LogP contribution in [0.15, 0.2) is 22.8 Å². The van der Waals surface area contributed by atoms with E-state index in [1.54, 1.807) is 12.3 Å². The van der Waals surface area contributed by atoms with E-state index in [4.69, 9.17) is 9.52 Å². The number of aliphatic hydroxyl groups is 1. The summed E-state index contributed by atoms with van der Waals surface area (Å²) in [6, 6.07) is 4.09. The molecule has 1 aromatic rings. The molecule has 1 aromatic heterocycles. The van der Waals surface area contributed by atoms with Crippen molar-refractivity contribution >= 4 is 5.91 Å². The standard InChI is InChI=1S/C13H20N2O3/c16-7-6-15(11-3-1-4-11)10-13(17)14-9-12-5-2-8-18-12/h2,5,8,11,16H,1,3-4,6-7,9-10H2,(H,14,17). The SMILES string of the molecule is O=C(CN(CCO)C1CCC1)NCc1ccco1. The maximum Gasteiger partial charge on any atom is 0.234 e. The highest BCUT2D eigenvalue weighted by molar-refractivity contribution is 5.78. The van der Waals surface area contributed by atoms with Crippen molar-refractivity contribution in [1.29, 1.82) is 0 Å². The molecule has 1 amide bonds. The summed E-state index contributed by atoms with van der Waals surface area (Å²) in [6.45, 7) is 1.44. The number of aliphatic hydroxyl groups excluding tert-OH is 1. The van der Waals surface area contributed by atoms with Crippen LogP contribution in [0.1, 0.15) is 25.0 Å². The summed E-state index contributed by atoms with van der Waals surface area (Å²) in [5.74, 6) is 0.729. The van der Waals surface area contributed by atoms with E-state index in [-0.39, 0.29) is 12.5 Å². The van der Waals surface area contributed by atoms with Gasteiger partial charge in [-0.15, -0.1) is 0 Å². The molecule has 0 saturated heterocycles. The van der Waals surface area contributed by atoms with Gasteiger partial charge in [0.25, 0.3) is 0 Å². The van der Waals surface area contributed by atoms with Gasteiger partial charge in [0, 0.05) is 12.6 Å².